The van der Waals surface area contributed by atoms with E-state index < -0.39 is 34.4 Å². The Bertz CT molecular complexity index is 1450. The molecule has 208 valence electrons. The second kappa shape index (κ2) is 13.2. The molecule has 0 aliphatic carbocycles. The van der Waals surface area contributed by atoms with Crippen LogP contribution in [-0.4, -0.2) is 44.3 Å². The van der Waals surface area contributed by atoms with E-state index >= 15 is 0 Å². The van der Waals surface area contributed by atoms with Gasteiger partial charge in [-0.05, 0) is 57.2 Å². The van der Waals surface area contributed by atoms with Crippen molar-refractivity contribution in [1.29, 1.82) is 0 Å². The van der Waals surface area contributed by atoms with Gasteiger partial charge in [0.25, 0.3) is 10.0 Å². The van der Waals surface area contributed by atoms with E-state index in [1.807, 2.05) is 6.92 Å². The van der Waals surface area contributed by atoms with E-state index in [4.69, 9.17) is 46.4 Å². The van der Waals surface area contributed by atoms with Crippen LogP contribution in [0.4, 0.5) is 5.69 Å². The summed E-state index contributed by atoms with van der Waals surface area (Å²) in [5.74, 6) is -1.11. The highest BCUT2D eigenvalue weighted by molar-refractivity contribution is 7.92. The van der Waals surface area contributed by atoms with Gasteiger partial charge in [-0.2, -0.15) is 0 Å². The number of carbonyl (C=O) groups excluding carboxylic acids is 2. The smallest absolute Gasteiger partial charge is 0.264 e. The van der Waals surface area contributed by atoms with Gasteiger partial charge in [-0.25, -0.2) is 8.42 Å². The molecule has 0 saturated heterocycles. The van der Waals surface area contributed by atoms with E-state index in [9.17, 15) is 18.0 Å². The lowest BCUT2D eigenvalue weighted by atomic mass is 10.1. The van der Waals surface area contributed by atoms with E-state index in [1.165, 1.54) is 35.2 Å². The van der Waals surface area contributed by atoms with Gasteiger partial charge in [-0.3, -0.25) is 13.9 Å². The summed E-state index contributed by atoms with van der Waals surface area (Å²) < 4.78 is 28.6. The van der Waals surface area contributed by atoms with Crippen LogP contribution in [-0.2, 0) is 26.2 Å². The quantitative estimate of drug-likeness (QED) is 0.283. The van der Waals surface area contributed by atoms with Crippen LogP contribution in [0.1, 0.15) is 25.0 Å². The lowest BCUT2D eigenvalue weighted by Gasteiger charge is -2.32. The molecule has 0 fully saturated rings. The van der Waals surface area contributed by atoms with Crippen molar-refractivity contribution in [1.82, 2.24) is 10.2 Å². The molecule has 3 rings (SSSR count). The van der Waals surface area contributed by atoms with E-state index in [0.29, 0.717) is 22.2 Å². The number of aryl methyl sites for hydroxylation is 1. The Balaban J connectivity index is 2.11. The number of amides is 2. The van der Waals surface area contributed by atoms with E-state index in [2.05, 4.69) is 5.32 Å². The van der Waals surface area contributed by atoms with Gasteiger partial charge in [0.05, 0.1) is 20.6 Å². The summed E-state index contributed by atoms with van der Waals surface area (Å²) >= 11 is 25.4. The molecular formula is C27H27Cl4N3O4S. The second-order valence-electron chi connectivity index (χ2n) is 8.69. The molecule has 2 amide bonds. The fourth-order valence-electron chi connectivity index (χ4n) is 3.79. The summed E-state index contributed by atoms with van der Waals surface area (Å²) in [6, 6.07) is 14.6. The Labute approximate surface area is 248 Å². The first-order chi connectivity index (χ1) is 18.4. The highest BCUT2D eigenvalue weighted by Gasteiger charge is 2.34. The zero-order valence-corrected chi connectivity index (χ0v) is 25.3. The molecule has 1 atom stereocenters. The fraction of sp³-hybridized carbons (Fsp3) is 0.259. The first-order valence-electron chi connectivity index (χ1n) is 11.9. The SMILES string of the molecule is CCNC(=O)[C@@H](C)N(Cc1c(Cl)cccc1Cl)C(=O)CN(c1cccc(Cl)c1Cl)S(=O)(=O)c1ccc(C)cc1. The molecule has 1 N–H and O–H groups in total. The minimum absolute atomic E-state index is 0.0134. The summed E-state index contributed by atoms with van der Waals surface area (Å²) in [7, 11) is -4.29. The predicted octanol–water partition coefficient (Wildman–Crippen LogP) is 6.36. The number of anilines is 1. The maximum Gasteiger partial charge on any atom is 0.264 e. The Morgan fingerprint density at radius 3 is 2.05 bits per heavy atom. The van der Waals surface area contributed by atoms with Crippen molar-refractivity contribution in [3.8, 4) is 0 Å². The predicted molar refractivity (Wildman–Crippen MR) is 157 cm³/mol. The number of halogens is 4. The van der Waals surface area contributed by atoms with Crippen LogP contribution in [0.3, 0.4) is 0 Å². The van der Waals surface area contributed by atoms with Crippen molar-refractivity contribution >= 4 is 73.9 Å². The lowest BCUT2D eigenvalue weighted by molar-refractivity contribution is -0.139. The molecule has 0 heterocycles. The Kier molecular flexibility index (Phi) is 10.5. The minimum atomic E-state index is -4.29. The summed E-state index contributed by atoms with van der Waals surface area (Å²) in [6.45, 7) is 4.63. The van der Waals surface area contributed by atoms with Crippen molar-refractivity contribution in [2.75, 3.05) is 17.4 Å². The molecule has 0 radical (unpaired) electrons. The van der Waals surface area contributed by atoms with Crippen molar-refractivity contribution < 1.29 is 18.0 Å². The number of hydrogen-bond acceptors (Lipinski definition) is 4. The van der Waals surface area contributed by atoms with Gasteiger partial charge in [0.1, 0.15) is 12.6 Å². The van der Waals surface area contributed by atoms with Gasteiger partial charge in [-0.15, -0.1) is 0 Å². The molecule has 0 unspecified atom stereocenters. The van der Waals surface area contributed by atoms with E-state index in [1.54, 1.807) is 44.2 Å². The number of hydrogen-bond donors (Lipinski definition) is 1. The highest BCUT2D eigenvalue weighted by Crippen LogP contribution is 2.36. The van der Waals surface area contributed by atoms with Crippen molar-refractivity contribution in [2.24, 2.45) is 0 Å². The highest BCUT2D eigenvalue weighted by atomic mass is 35.5. The fourth-order valence-corrected chi connectivity index (χ4v) is 6.18. The zero-order valence-electron chi connectivity index (χ0n) is 21.4. The largest absolute Gasteiger partial charge is 0.355 e. The molecule has 0 aromatic heterocycles. The average Bonchev–Trinajstić information content (AvgIpc) is 2.89. The van der Waals surface area contributed by atoms with Crippen LogP contribution in [0.2, 0.25) is 20.1 Å². The van der Waals surface area contributed by atoms with Gasteiger partial charge in [-0.1, -0.05) is 76.2 Å². The summed E-state index contributed by atoms with van der Waals surface area (Å²) in [5.41, 5.74) is 1.29. The normalized spacial score (nSPS) is 12.1. The number of sulfonamides is 1. The third-order valence-electron chi connectivity index (χ3n) is 6.00. The first-order valence-corrected chi connectivity index (χ1v) is 14.9. The monoisotopic (exact) mass is 629 g/mol. The molecular weight excluding hydrogens is 604 g/mol. The summed E-state index contributed by atoms with van der Waals surface area (Å²) in [5, 5.41) is 3.35. The minimum Gasteiger partial charge on any atom is -0.355 e. The standard InChI is InChI=1S/C27H27Cl4N3O4S/c1-4-32-27(36)18(3)33(15-20-21(28)7-5-8-22(20)29)25(35)16-34(24-10-6-9-23(30)26(24)31)39(37,38)19-13-11-17(2)12-14-19/h5-14,18H,4,15-16H2,1-3H3,(H,32,36)/t18-/m1/s1. The van der Waals surface area contributed by atoms with Crippen LogP contribution in [0, 0.1) is 6.92 Å². The molecule has 0 aliphatic rings. The number of rotatable bonds is 10. The molecule has 39 heavy (non-hydrogen) atoms. The molecule has 0 spiro atoms. The zero-order chi connectivity index (χ0) is 28.9. The molecule has 0 bridgehead atoms. The lowest BCUT2D eigenvalue weighted by Crippen LogP contribution is -2.51. The first kappa shape index (κ1) is 31.0. The summed E-state index contributed by atoms with van der Waals surface area (Å²) in [4.78, 5) is 27.9. The van der Waals surface area contributed by atoms with Crippen LogP contribution in [0.25, 0.3) is 0 Å². The Morgan fingerprint density at radius 1 is 0.897 bits per heavy atom. The van der Waals surface area contributed by atoms with Crippen molar-refractivity contribution in [3.63, 3.8) is 0 Å². The molecule has 12 heteroatoms. The Hall–Kier alpha value is -2.49. The Morgan fingerprint density at radius 2 is 1.46 bits per heavy atom. The van der Waals surface area contributed by atoms with Crippen molar-refractivity contribution in [3.05, 3.63) is 91.9 Å². The topological polar surface area (TPSA) is 86.8 Å². The molecule has 0 aliphatic heterocycles. The molecule has 7 nitrogen and oxygen atoms in total. The van der Waals surface area contributed by atoms with Crippen LogP contribution in [0.15, 0.2) is 65.6 Å². The molecule has 0 saturated carbocycles. The van der Waals surface area contributed by atoms with Crippen LogP contribution < -0.4 is 9.62 Å². The number of benzene rings is 3. The van der Waals surface area contributed by atoms with Gasteiger partial charge in [0.15, 0.2) is 0 Å². The molecule has 3 aromatic carbocycles. The summed E-state index contributed by atoms with van der Waals surface area (Å²) in [6.07, 6.45) is 0. The number of nitrogens with zero attached hydrogens (tertiary/aromatic N) is 2. The number of likely N-dealkylation sites (N-methyl/N-ethyl adjacent to an activating group) is 1. The van der Waals surface area contributed by atoms with Crippen LogP contribution in [0.5, 0.6) is 0 Å². The van der Waals surface area contributed by atoms with Gasteiger partial charge in [0.2, 0.25) is 11.8 Å². The van der Waals surface area contributed by atoms with E-state index in [0.717, 1.165) is 9.87 Å². The third-order valence-corrected chi connectivity index (χ3v) is 9.29. The maximum atomic E-state index is 13.9. The number of carbonyl (C=O) groups is 2. The number of nitrogens with one attached hydrogen (secondary N) is 1. The van der Waals surface area contributed by atoms with Gasteiger partial charge >= 0.3 is 0 Å². The van der Waals surface area contributed by atoms with Gasteiger partial charge < -0.3 is 10.2 Å². The second-order valence-corrected chi connectivity index (χ2v) is 12.2. The van der Waals surface area contributed by atoms with Crippen molar-refractivity contribution in [2.45, 2.75) is 38.3 Å². The van der Waals surface area contributed by atoms with Crippen LogP contribution >= 0.6 is 46.4 Å². The van der Waals surface area contributed by atoms with Gasteiger partial charge in [0, 0.05) is 28.7 Å². The third kappa shape index (κ3) is 7.18. The van der Waals surface area contributed by atoms with E-state index in [-0.39, 0.29) is 27.2 Å². The average molecular weight is 631 g/mol. The maximum absolute atomic E-state index is 13.9. The molecule has 3 aromatic rings.